The number of aromatic nitrogens is 1. The van der Waals surface area contributed by atoms with Crippen LogP contribution in [0.25, 0.3) is 0 Å². The van der Waals surface area contributed by atoms with Crippen molar-refractivity contribution in [2.75, 3.05) is 5.32 Å². The molecule has 0 atom stereocenters. The number of rotatable bonds is 4. The van der Waals surface area contributed by atoms with Gasteiger partial charge >= 0.3 is 5.97 Å². The van der Waals surface area contributed by atoms with E-state index in [0.717, 1.165) is 0 Å². The van der Waals surface area contributed by atoms with E-state index in [-0.39, 0.29) is 12.3 Å². The van der Waals surface area contributed by atoms with Crippen LogP contribution < -0.4 is 5.32 Å². The minimum Gasteiger partial charge on any atom is -0.481 e. The molecule has 1 aromatic carbocycles. The number of amides is 1. The number of thiazole rings is 1. The molecule has 2 N–H and O–H groups in total. The molecule has 0 spiro atoms. The third-order valence-electron chi connectivity index (χ3n) is 2.14. The van der Waals surface area contributed by atoms with E-state index in [0.29, 0.717) is 16.4 Å². The summed E-state index contributed by atoms with van der Waals surface area (Å²) in [6.07, 6.45) is -0.141. The Morgan fingerprint density at radius 1 is 1.28 bits per heavy atom. The quantitative estimate of drug-likeness (QED) is 0.883. The Morgan fingerprint density at radius 3 is 2.67 bits per heavy atom. The van der Waals surface area contributed by atoms with Gasteiger partial charge in [-0.25, -0.2) is 4.98 Å². The highest BCUT2D eigenvalue weighted by atomic mass is 32.1. The Balaban J connectivity index is 2.04. The normalized spacial score (nSPS) is 10.0. The number of hydrogen-bond donors (Lipinski definition) is 2. The van der Waals surface area contributed by atoms with Gasteiger partial charge in [-0.3, -0.25) is 14.9 Å². The van der Waals surface area contributed by atoms with Gasteiger partial charge in [0.25, 0.3) is 5.91 Å². The van der Waals surface area contributed by atoms with Gasteiger partial charge in [0, 0.05) is 10.9 Å². The maximum Gasteiger partial charge on any atom is 0.309 e. The lowest BCUT2D eigenvalue weighted by atomic mass is 10.2. The van der Waals surface area contributed by atoms with E-state index in [9.17, 15) is 9.59 Å². The number of benzene rings is 1. The van der Waals surface area contributed by atoms with Crippen LogP contribution in [0.5, 0.6) is 0 Å². The number of carboxylic acids is 1. The minimum absolute atomic E-state index is 0.141. The molecule has 92 valence electrons. The van der Waals surface area contributed by atoms with Crippen LogP contribution >= 0.6 is 11.3 Å². The zero-order chi connectivity index (χ0) is 13.0. The van der Waals surface area contributed by atoms with Gasteiger partial charge in [0.05, 0.1) is 12.1 Å². The summed E-state index contributed by atoms with van der Waals surface area (Å²) in [4.78, 5) is 26.3. The Kier molecular flexibility index (Phi) is 3.69. The molecule has 0 aliphatic carbocycles. The number of hydrogen-bond acceptors (Lipinski definition) is 4. The molecule has 5 nitrogen and oxygen atoms in total. The van der Waals surface area contributed by atoms with Crippen LogP contribution in [0.4, 0.5) is 5.13 Å². The molecule has 1 amide bonds. The number of aliphatic carboxylic acids is 1. The third kappa shape index (κ3) is 3.14. The summed E-state index contributed by atoms with van der Waals surface area (Å²) in [7, 11) is 0. The van der Waals surface area contributed by atoms with Crippen molar-refractivity contribution in [2.24, 2.45) is 0 Å². The first kappa shape index (κ1) is 12.3. The smallest absolute Gasteiger partial charge is 0.309 e. The first-order valence-corrected chi connectivity index (χ1v) is 6.06. The second-order valence-corrected chi connectivity index (χ2v) is 4.39. The van der Waals surface area contributed by atoms with Crippen LogP contribution in [0.15, 0.2) is 35.7 Å². The summed E-state index contributed by atoms with van der Waals surface area (Å²) >= 11 is 1.21. The maximum atomic E-state index is 11.8. The monoisotopic (exact) mass is 262 g/mol. The molecule has 0 radical (unpaired) electrons. The highest BCUT2D eigenvalue weighted by Crippen LogP contribution is 2.16. The SMILES string of the molecule is O=C(O)Cc1csc(NC(=O)c2ccccc2)n1. The fourth-order valence-corrected chi connectivity index (χ4v) is 2.06. The van der Waals surface area contributed by atoms with Crippen LogP contribution in [0.3, 0.4) is 0 Å². The Labute approximate surface area is 107 Å². The number of nitrogens with zero attached hydrogens (tertiary/aromatic N) is 1. The largest absolute Gasteiger partial charge is 0.481 e. The molecule has 0 saturated carbocycles. The molecule has 1 heterocycles. The van der Waals surface area contributed by atoms with E-state index in [1.54, 1.807) is 29.6 Å². The topological polar surface area (TPSA) is 79.3 Å². The lowest BCUT2D eigenvalue weighted by Crippen LogP contribution is -2.11. The van der Waals surface area contributed by atoms with Crippen molar-refractivity contribution >= 4 is 28.3 Å². The first-order valence-electron chi connectivity index (χ1n) is 5.18. The average molecular weight is 262 g/mol. The van der Waals surface area contributed by atoms with Gasteiger partial charge in [-0.1, -0.05) is 18.2 Å². The highest BCUT2D eigenvalue weighted by Gasteiger charge is 2.10. The van der Waals surface area contributed by atoms with Crippen LogP contribution in [-0.2, 0) is 11.2 Å². The number of anilines is 1. The molecule has 0 saturated heterocycles. The Morgan fingerprint density at radius 2 is 2.00 bits per heavy atom. The first-order chi connectivity index (χ1) is 8.65. The molecule has 18 heavy (non-hydrogen) atoms. The third-order valence-corrected chi connectivity index (χ3v) is 2.95. The van der Waals surface area contributed by atoms with E-state index in [4.69, 9.17) is 5.11 Å². The average Bonchev–Trinajstić information content (AvgIpc) is 2.76. The van der Waals surface area contributed by atoms with E-state index < -0.39 is 5.97 Å². The lowest BCUT2D eigenvalue weighted by molar-refractivity contribution is -0.136. The Hall–Kier alpha value is -2.21. The van der Waals surface area contributed by atoms with E-state index >= 15 is 0 Å². The van der Waals surface area contributed by atoms with Crippen molar-refractivity contribution in [1.29, 1.82) is 0 Å². The highest BCUT2D eigenvalue weighted by molar-refractivity contribution is 7.14. The Bertz CT molecular complexity index is 566. The van der Waals surface area contributed by atoms with Crippen molar-refractivity contribution in [3.8, 4) is 0 Å². The molecule has 1 aromatic heterocycles. The van der Waals surface area contributed by atoms with Crippen molar-refractivity contribution in [1.82, 2.24) is 4.98 Å². The summed E-state index contributed by atoms with van der Waals surface area (Å²) in [6.45, 7) is 0. The maximum absolute atomic E-state index is 11.8. The van der Waals surface area contributed by atoms with Crippen molar-refractivity contribution in [3.63, 3.8) is 0 Å². The van der Waals surface area contributed by atoms with Crippen LogP contribution in [0.1, 0.15) is 16.1 Å². The van der Waals surface area contributed by atoms with Gasteiger partial charge in [-0.15, -0.1) is 11.3 Å². The molecule has 2 aromatic rings. The molecule has 0 fully saturated rings. The van der Waals surface area contributed by atoms with Crippen LogP contribution in [0, 0.1) is 0 Å². The zero-order valence-electron chi connectivity index (χ0n) is 9.29. The van der Waals surface area contributed by atoms with Gasteiger partial charge < -0.3 is 5.11 Å². The summed E-state index contributed by atoms with van der Waals surface area (Å²) in [6, 6.07) is 8.76. The van der Waals surface area contributed by atoms with Crippen LogP contribution in [-0.4, -0.2) is 22.0 Å². The molecule has 2 rings (SSSR count). The van der Waals surface area contributed by atoms with Crippen molar-refractivity contribution in [2.45, 2.75) is 6.42 Å². The van der Waals surface area contributed by atoms with E-state index in [2.05, 4.69) is 10.3 Å². The van der Waals surface area contributed by atoms with Crippen molar-refractivity contribution < 1.29 is 14.7 Å². The second-order valence-electron chi connectivity index (χ2n) is 3.53. The van der Waals surface area contributed by atoms with E-state index in [1.165, 1.54) is 11.3 Å². The summed E-state index contributed by atoms with van der Waals surface area (Å²) in [5.74, 6) is -1.20. The molecule has 0 aliphatic rings. The molecule has 0 aliphatic heterocycles. The van der Waals surface area contributed by atoms with Gasteiger partial charge in [0.15, 0.2) is 5.13 Å². The predicted octanol–water partition coefficient (Wildman–Crippen LogP) is 2.02. The number of carbonyl (C=O) groups excluding carboxylic acids is 1. The van der Waals surface area contributed by atoms with Crippen LogP contribution in [0.2, 0.25) is 0 Å². The molecular formula is C12H10N2O3S. The number of nitrogens with one attached hydrogen (secondary N) is 1. The fraction of sp³-hybridized carbons (Fsp3) is 0.0833. The predicted molar refractivity (Wildman–Crippen MR) is 67.8 cm³/mol. The van der Waals surface area contributed by atoms with Gasteiger partial charge in [0.2, 0.25) is 0 Å². The van der Waals surface area contributed by atoms with Crippen molar-refractivity contribution in [3.05, 3.63) is 47.0 Å². The second kappa shape index (κ2) is 5.42. The standard InChI is InChI=1S/C12H10N2O3S/c15-10(16)6-9-7-18-12(13-9)14-11(17)8-4-2-1-3-5-8/h1-5,7H,6H2,(H,15,16)(H,13,14,17). The van der Waals surface area contributed by atoms with Gasteiger partial charge in [-0.05, 0) is 12.1 Å². The zero-order valence-corrected chi connectivity index (χ0v) is 10.1. The number of carbonyl (C=O) groups is 2. The fourth-order valence-electron chi connectivity index (χ4n) is 1.36. The van der Waals surface area contributed by atoms with Gasteiger partial charge in [0.1, 0.15) is 0 Å². The molecular weight excluding hydrogens is 252 g/mol. The summed E-state index contributed by atoms with van der Waals surface area (Å²) < 4.78 is 0. The minimum atomic E-state index is -0.943. The number of carboxylic acid groups (broad SMARTS) is 1. The van der Waals surface area contributed by atoms with Gasteiger partial charge in [-0.2, -0.15) is 0 Å². The molecule has 6 heteroatoms. The lowest BCUT2D eigenvalue weighted by Gasteiger charge is -2.00. The summed E-state index contributed by atoms with van der Waals surface area (Å²) in [5, 5.41) is 13.3. The van der Waals surface area contributed by atoms with E-state index in [1.807, 2.05) is 6.07 Å². The summed E-state index contributed by atoms with van der Waals surface area (Å²) in [5.41, 5.74) is 0.975. The molecule has 0 bridgehead atoms. The molecule has 0 unspecified atom stereocenters.